The Hall–Kier alpha value is -2.30. The number of rotatable bonds is 7. The lowest BCUT2D eigenvalue weighted by atomic mass is 9.98. The molecule has 0 saturated carbocycles. The minimum Gasteiger partial charge on any atom is -0.507 e. The van der Waals surface area contributed by atoms with E-state index in [0.29, 0.717) is 12.2 Å². The summed E-state index contributed by atoms with van der Waals surface area (Å²) in [5.41, 5.74) is 1.38. The molecule has 5 nitrogen and oxygen atoms in total. The normalized spacial score (nSPS) is 11.4. The molecule has 0 bridgehead atoms. The molecular weight excluding hydrogens is 284 g/mol. The first kappa shape index (κ1) is 17.8. The number of benzene rings is 1. The molecule has 0 aliphatic carbocycles. The van der Waals surface area contributed by atoms with Crippen molar-refractivity contribution in [2.24, 2.45) is 0 Å². The number of ether oxygens (including phenoxy) is 2. The fourth-order valence-corrected chi connectivity index (χ4v) is 1.87. The number of ketones is 1. The Morgan fingerprint density at radius 3 is 2.55 bits per heavy atom. The van der Waals surface area contributed by atoms with Crippen molar-refractivity contribution in [1.82, 2.24) is 0 Å². The molecule has 1 aromatic rings. The van der Waals surface area contributed by atoms with Gasteiger partial charge in [-0.25, -0.2) is 4.79 Å². The number of hydrogen-bond donors (Lipinski definition) is 1. The molecule has 0 radical (unpaired) electrons. The van der Waals surface area contributed by atoms with Crippen LogP contribution in [-0.2, 0) is 14.3 Å². The molecule has 120 valence electrons. The molecule has 0 aromatic heterocycles. The topological polar surface area (TPSA) is 72.8 Å². The third-order valence-electron chi connectivity index (χ3n) is 3.04. The average Bonchev–Trinajstić information content (AvgIpc) is 2.51. The number of carbonyl (C=O) groups is 2. The Balaban J connectivity index is 3.10. The highest BCUT2D eigenvalue weighted by Crippen LogP contribution is 2.29. The van der Waals surface area contributed by atoms with Crippen molar-refractivity contribution in [2.75, 3.05) is 13.7 Å². The summed E-state index contributed by atoms with van der Waals surface area (Å²) in [5.74, 6) is -1.25. The van der Waals surface area contributed by atoms with Gasteiger partial charge in [0.25, 0.3) is 5.78 Å². The Bertz CT molecular complexity index is 572. The molecule has 5 heteroatoms. The lowest BCUT2D eigenvalue weighted by Gasteiger charge is -2.15. The van der Waals surface area contributed by atoms with Gasteiger partial charge in [0.05, 0.1) is 13.7 Å². The van der Waals surface area contributed by atoms with Gasteiger partial charge in [0.1, 0.15) is 11.5 Å². The van der Waals surface area contributed by atoms with Gasteiger partial charge in [0, 0.05) is 11.6 Å². The molecule has 22 heavy (non-hydrogen) atoms. The second-order valence-corrected chi connectivity index (χ2v) is 5.14. The molecule has 0 aliphatic heterocycles. The molecular formula is C17H22O5. The van der Waals surface area contributed by atoms with Gasteiger partial charge in [-0.15, -0.1) is 0 Å². The van der Waals surface area contributed by atoms with Crippen LogP contribution in [0, 0.1) is 0 Å². The van der Waals surface area contributed by atoms with Crippen molar-refractivity contribution in [1.29, 1.82) is 0 Å². The molecule has 0 fully saturated rings. The van der Waals surface area contributed by atoms with Crippen molar-refractivity contribution in [2.45, 2.75) is 33.1 Å². The van der Waals surface area contributed by atoms with E-state index >= 15 is 0 Å². The fourth-order valence-electron chi connectivity index (χ4n) is 1.87. The zero-order chi connectivity index (χ0) is 16.7. The van der Waals surface area contributed by atoms with Crippen LogP contribution in [0.25, 0.3) is 5.76 Å². The van der Waals surface area contributed by atoms with E-state index in [4.69, 9.17) is 4.74 Å². The molecule has 1 aromatic carbocycles. The lowest BCUT2D eigenvalue weighted by Crippen LogP contribution is -2.13. The number of aliphatic hydroxyl groups excluding tert-OH is 1. The largest absolute Gasteiger partial charge is 0.507 e. The van der Waals surface area contributed by atoms with Crippen LogP contribution in [0.1, 0.15) is 44.2 Å². The standard InChI is InChI=1S/C17H22O5/c1-5-8-22-16-7-6-12(9-13(16)11(2)3)14(18)10-15(19)17(20)21-4/h6-7,9-11,18H,5,8H2,1-4H3/b14-10-. The van der Waals surface area contributed by atoms with E-state index in [9.17, 15) is 14.7 Å². The molecule has 0 heterocycles. The Morgan fingerprint density at radius 2 is 2.00 bits per heavy atom. The van der Waals surface area contributed by atoms with Crippen LogP contribution in [0.4, 0.5) is 0 Å². The highest BCUT2D eigenvalue weighted by molar-refractivity contribution is 6.39. The Kier molecular flexibility index (Phi) is 6.63. The number of aliphatic hydroxyl groups is 1. The maximum atomic E-state index is 11.4. The third-order valence-corrected chi connectivity index (χ3v) is 3.04. The quantitative estimate of drug-likeness (QED) is 0.362. The molecule has 1 N–H and O–H groups in total. The Morgan fingerprint density at radius 1 is 1.32 bits per heavy atom. The SMILES string of the molecule is CCCOc1ccc(/C(O)=C/C(=O)C(=O)OC)cc1C(C)C. The van der Waals surface area contributed by atoms with E-state index in [1.54, 1.807) is 18.2 Å². The van der Waals surface area contributed by atoms with Gasteiger partial charge in [-0.2, -0.15) is 0 Å². The zero-order valence-corrected chi connectivity index (χ0v) is 13.4. The van der Waals surface area contributed by atoms with Gasteiger partial charge in [0.15, 0.2) is 0 Å². The number of hydrogen-bond acceptors (Lipinski definition) is 5. The summed E-state index contributed by atoms with van der Waals surface area (Å²) in [6, 6.07) is 5.16. The summed E-state index contributed by atoms with van der Waals surface area (Å²) >= 11 is 0. The lowest BCUT2D eigenvalue weighted by molar-refractivity contribution is -0.149. The molecule has 0 unspecified atom stereocenters. The van der Waals surface area contributed by atoms with Gasteiger partial charge < -0.3 is 14.6 Å². The second kappa shape index (κ2) is 8.22. The van der Waals surface area contributed by atoms with Crippen molar-refractivity contribution < 1.29 is 24.2 Å². The van der Waals surface area contributed by atoms with Crippen LogP contribution < -0.4 is 4.74 Å². The zero-order valence-electron chi connectivity index (χ0n) is 13.4. The third kappa shape index (κ3) is 4.62. The van der Waals surface area contributed by atoms with Crippen LogP contribution >= 0.6 is 0 Å². The highest BCUT2D eigenvalue weighted by Gasteiger charge is 2.15. The minimum absolute atomic E-state index is 0.191. The molecule has 0 aliphatic rings. The van der Waals surface area contributed by atoms with Crippen molar-refractivity contribution in [3.8, 4) is 5.75 Å². The molecule has 0 saturated heterocycles. The van der Waals surface area contributed by atoms with E-state index in [1.165, 1.54) is 0 Å². The average molecular weight is 306 g/mol. The first-order valence-corrected chi connectivity index (χ1v) is 7.20. The predicted molar refractivity (Wildman–Crippen MR) is 83.9 cm³/mol. The van der Waals surface area contributed by atoms with Gasteiger partial charge in [-0.1, -0.05) is 20.8 Å². The van der Waals surface area contributed by atoms with Crippen LogP contribution in [0.5, 0.6) is 5.75 Å². The van der Waals surface area contributed by atoms with Crippen LogP contribution in [0.3, 0.4) is 0 Å². The van der Waals surface area contributed by atoms with E-state index in [0.717, 1.165) is 30.9 Å². The van der Waals surface area contributed by atoms with Crippen LogP contribution in [0.2, 0.25) is 0 Å². The van der Waals surface area contributed by atoms with Gasteiger partial charge >= 0.3 is 5.97 Å². The highest BCUT2D eigenvalue weighted by atomic mass is 16.5. The van der Waals surface area contributed by atoms with Crippen LogP contribution in [0.15, 0.2) is 24.3 Å². The smallest absolute Gasteiger partial charge is 0.378 e. The minimum atomic E-state index is -1.02. The van der Waals surface area contributed by atoms with E-state index in [-0.39, 0.29) is 11.7 Å². The summed E-state index contributed by atoms with van der Waals surface area (Å²) in [5, 5.41) is 10.0. The van der Waals surface area contributed by atoms with Crippen molar-refractivity contribution in [3.05, 3.63) is 35.4 Å². The summed E-state index contributed by atoms with van der Waals surface area (Å²) in [6.07, 6.45) is 1.76. The van der Waals surface area contributed by atoms with Crippen LogP contribution in [-0.4, -0.2) is 30.6 Å². The Labute approximate surface area is 130 Å². The van der Waals surface area contributed by atoms with Gasteiger partial charge in [0.2, 0.25) is 0 Å². The van der Waals surface area contributed by atoms with Gasteiger partial charge in [-0.3, -0.25) is 4.79 Å². The number of carbonyl (C=O) groups excluding carboxylic acids is 2. The van der Waals surface area contributed by atoms with Crippen molar-refractivity contribution in [3.63, 3.8) is 0 Å². The summed E-state index contributed by atoms with van der Waals surface area (Å²) in [7, 11) is 1.11. The predicted octanol–water partition coefficient (Wildman–Crippen LogP) is 3.24. The summed E-state index contributed by atoms with van der Waals surface area (Å²) in [6.45, 7) is 6.66. The summed E-state index contributed by atoms with van der Waals surface area (Å²) in [4.78, 5) is 22.5. The number of esters is 1. The van der Waals surface area contributed by atoms with E-state index in [2.05, 4.69) is 4.74 Å². The fraction of sp³-hybridized carbons (Fsp3) is 0.412. The molecule has 0 amide bonds. The molecule has 1 rings (SSSR count). The van der Waals surface area contributed by atoms with Crippen molar-refractivity contribution >= 4 is 17.5 Å². The van der Waals surface area contributed by atoms with E-state index < -0.39 is 11.8 Å². The van der Waals surface area contributed by atoms with E-state index in [1.807, 2.05) is 20.8 Å². The first-order chi connectivity index (χ1) is 10.4. The molecule has 0 spiro atoms. The number of methoxy groups -OCH3 is 1. The van der Waals surface area contributed by atoms with Gasteiger partial charge in [-0.05, 0) is 36.1 Å². The second-order valence-electron chi connectivity index (χ2n) is 5.14. The first-order valence-electron chi connectivity index (χ1n) is 7.20. The maximum absolute atomic E-state index is 11.4. The summed E-state index contributed by atoms with van der Waals surface area (Å²) < 4.78 is 9.99. The molecule has 0 atom stereocenters. The maximum Gasteiger partial charge on any atom is 0.378 e. The monoisotopic (exact) mass is 306 g/mol.